The van der Waals surface area contributed by atoms with Crippen LogP contribution in [0.4, 0.5) is 0 Å². The molecule has 4 heteroatoms. The summed E-state index contributed by atoms with van der Waals surface area (Å²) in [5, 5.41) is 17.3. The standard InChI is InChI=1S/C17H15NO2S/c18-11-10-14-4-6-15(7-5-14)20-13-17-9-8-16(21-17)3-1-2-12-19/h4-9,19H,2,10,12-13H2. The Hall–Kier alpha value is -2.27. The van der Waals surface area contributed by atoms with Gasteiger partial charge in [-0.3, -0.25) is 0 Å². The molecule has 106 valence electrons. The number of aliphatic hydroxyl groups excluding tert-OH is 1. The number of benzene rings is 1. The Kier molecular flexibility index (Phi) is 5.84. The number of ether oxygens (including phenoxy) is 1. The van der Waals surface area contributed by atoms with Crippen LogP contribution in [-0.4, -0.2) is 11.7 Å². The fourth-order valence-electron chi connectivity index (χ4n) is 1.68. The maximum Gasteiger partial charge on any atom is 0.122 e. The molecule has 2 rings (SSSR count). The predicted molar refractivity (Wildman–Crippen MR) is 83.0 cm³/mol. The van der Waals surface area contributed by atoms with Gasteiger partial charge in [0.25, 0.3) is 0 Å². The summed E-state index contributed by atoms with van der Waals surface area (Å²) in [5.74, 6) is 6.70. The summed E-state index contributed by atoms with van der Waals surface area (Å²) >= 11 is 1.59. The van der Waals surface area contributed by atoms with Crippen molar-refractivity contribution in [3.05, 3.63) is 51.7 Å². The molecule has 1 N–H and O–H groups in total. The van der Waals surface area contributed by atoms with Crippen molar-refractivity contribution in [2.45, 2.75) is 19.4 Å². The molecule has 0 bridgehead atoms. The molecule has 21 heavy (non-hydrogen) atoms. The number of aliphatic hydroxyl groups is 1. The van der Waals surface area contributed by atoms with E-state index in [2.05, 4.69) is 17.9 Å². The third-order valence-electron chi connectivity index (χ3n) is 2.70. The highest BCUT2D eigenvalue weighted by Gasteiger charge is 2.00. The second kappa shape index (κ2) is 8.11. The van der Waals surface area contributed by atoms with Crippen molar-refractivity contribution in [2.24, 2.45) is 0 Å². The fourth-order valence-corrected chi connectivity index (χ4v) is 2.47. The van der Waals surface area contributed by atoms with E-state index < -0.39 is 0 Å². The van der Waals surface area contributed by atoms with Crippen molar-refractivity contribution in [1.29, 1.82) is 5.26 Å². The van der Waals surface area contributed by atoms with E-state index in [0.29, 0.717) is 19.4 Å². The van der Waals surface area contributed by atoms with Crippen LogP contribution in [0, 0.1) is 23.2 Å². The third-order valence-corrected chi connectivity index (χ3v) is 3.67. The van der Waals surface area contributed by atoms with Gasteiger partial charge in [-0.1, -0.05) is 24.0 Å². The van der Waals surface area contributed by atoms with E-state index in [0.717, 1.165) is 21.1 Å². The van der Waals surface area contributed by atoms with Gasteiger partial charge in [0.1, 0.15) is 12.4 Å². The van der Waals surface area contributed by atoms with E-state index in [1.54, 1.807) is 11.3 Å². The summed E-state index contributed by atoms with van der Waals surface area (Å²) < 4.78 is 5.70. The van der Waals surface area contributed by atoms with Crippen LogP contribution in [0.15, 0.2) is 36.4 Å². The Labute approximate surface area is 128 Å². The monoisotopic (exact) mass is 297 g/mol. The van der Waals surface area contributed by atoms with Crippen molar-refractivity contribution in [1.82, 2.24) is 0 Å². The Morgan fingerprint density at radius 2 is 1.95 bits per heavy atom. The van der Waals surface area contributed by atoms with Crippen LogP contribution in [-0.2, 0) is 13.0 Å². The van der Waals surface area contributed by atoms with Gasteiger partial charge in [-0.05, 0) is 29.8 Å². The zero-order chi connectivity index (χ0) is 14.9. The Balaban J connectivity index is 1.88. The first kappa shape index (κ1) is 15.1. The van der Waals surface area contributed by atoms with Crippen LogP contribution >= 0.6 is 11.3 Å². The first-order valence-corrected chi connectivity index (χ1v) is 7.40. The van der Waals surface area contributed by atoms with Gasteiger partial charge in [-0.25, -0.2) is 0 Å². The zero-order valence-electron chi connectivity index (χ0n) is 11.5. The van der Waals surface area contributed by atoms with E-state index in [-0.39, 0.29) is 6.61 Å². The summed E-state index contributed by atoms with van der Waals surface area (Å²) in [5.41, 5.74) is 0.988. The van der Waals surface area contributed by atoms with Crippen molar-refractivity contribution in [2.75, 3.05) is 6.61 Å². The molecular formula is C17H15NO2S. The molecule has 0 spiro atoms. The summed E-state index contributed by atoms with van der Waals surface area (Å²) in [7, 11) is 0. The molecule has 1 aromatic carbocycles. The quantitative estimate of drug-likeness (QED) is 0.863. The molecule has 1 heterocycles. The minimum absolute atomic E-state index is 0.0934. The summed E-state index contributed by atoms with van der Waals surface area (Å²) in [4.78, 5) is 2.08. The van der Waals surface area contributed by atoms with Gasteiger partial charge in [-0.2, -0.15) is 5.26 Å². The van der Waals surface area contributed by atoms with Gasteiger partial charge in [0.15, 0.2) is 0 Å². The average Bonchev–Trinajstić information content (AvgIpc) is 2.95. The molecule has 1 aromatic heterocycles. The molecule has 0 amide bonds. The molecule has 0 aliphatic rings. The lowest BCUT2D eigenvalue weighted by Gasteiger charge is -2.04. The molecule has 0 atom stereocenters. The van der Waals surface area contributed by atoms with Crippen LogP contribution in [0.5, 0.6) is 5.75 Å². The summed E-state index contributed by atoms with van der Waals surface area (Å²) in [6.07, 6.45) is 0.917. The van der Waals surface area contributed by atoms with Crippen LogP contribution in [0.3, 0.4) is 0 Å². The largest absolute Gasteiger partial charge is 0.488 e. The highest BCUT2D eigenvalue weighted by Crippen LogP contribution is 2.19. The topological polar surface area (TPSA) is 53.2 Å². The third kappa shape index (κ3) is 4.96. The van der Waals surface area contributed by atoms with E-state index in [4.69, 9.17) is 15.1 Å². The second-order valence-electron chi connectivity index (χ2n) is 4.31. The molecule has 3 nitrogen and oxygen atoms in total. The minimum Gasteiger partial charge on any atom is -0.488 e. The van der Waals surface area contributed by atoms with E-state index in [1.807, 2.05) is 36.4 Å². The van der Waals surface area contributed by atoms with Crippen LogP contribution in [0.25, 0.3) is 0 Å². The lowest BCUT2D eigenvalue weighted by Crippen LogP contribution is -1.92. The van der Waals surface area contributed by atoms with Gasteiger partial charge in [0.05, 0.1) is 24.0 Å². The van der Waals surface area contributed by atoms with Gasteiger partial charge in [-0.15, -0.1) is 11.3 Å². The van der Waals surface area contributed by atoms with Crippen LogP contribution in [0.1, 0.15) is 21.7 Å². The van der Waals surface area contributed by atoms with Crippen LogP contribution < -0.4 is 4.74 Å². The van der Waals surface area contributed by atoms with Crippen LogP contribution in [0.2, 0.25) is 0 Å². The molecule has 2 aromatic rings. The number of rotatable bonds is 5. The van der Waals surface area contributed by atoms with Crippen molar-refractivity contribution in [3.8, 4) is 23.7 Å². The average molecular weight is 297 g/mol. The zero-order valence-corrected chi connectivity index (χ0v) is 12.3. The van der Waals surface area contributed by atoms with Crippen molar-refractivity contribution in [3.63, 3.8) is 0 Å². The SMILES string of the molecule is N#CCc1ccc(OCc2ccc(C#CCCO)s2)cc1. The first-order chi connectivity index (χ1) is 10.3. The molecule has 0 unspecified atom stereocenters. The minimum atomic E-state index is 0.0934. The number of thiophene rings is 1. The normalized spacial score (nSPS) is 9.52. The van der Waals surface area contributed by atoms with Gasteiger partial charge in [0, 0.05) is 11.3 Å². The molecule has 0 fully saturated rings. The fraction of sp³-hybridized carbons (Fsp3) is 0.235. The maximum atomic E-state index is 8.68. The molecular weight excluding hydrogens is 282 g/mol. The number of hydrogen-bond donors (Lipinski definition) is 1. The number of nitrogens with zero attached hydrogens (tertiary/aromatic N) is 1. The van der Waals surface area contributed by atoms with E-state index in [9.17, 15) is 0 Å². The number of hydrogen-bond acceptors (Lipinski definition) is 4. The lowest BCUT2D eigenvalue weighted by atomic mass is 10.2. The Morgan fingerprint density at radius 3 is 2.67 bits per heavy atom. The highest BCUT2D eigenvalue weighted by molar-refractivity contribution is 7.12. The molecule has 0 saturated heterocycles. The van der Waals surface area contributed by atoms with Gasteiger partial charge in [0.2, 0.25) is 0 Å². The molecule has 0 radical (unpaired) electrons. The molecule has 0 aliphatic heterocycles. The lowest BCUT2D eigenvalue weighted by molar-refractivity contribution is 0.305. The summed E-state index contributed by atoms with van der Waals surface area (Å²) in [6.45, 7) is 0.597. The number of nitriles is 1. The summed E-state index contributed by atoms with van der Waals surface area (Å²) in [6, 6.07) is 13.6. The van der Waals surface area contributed by atoms with Crippen molar-refractivity contribution < 1.29 is 9.84 Å². The first-order valence-electron chi connectivity index (χ1n) is 6.59. The van der Waals surface area contributed by atoms with E-state index in [1.165, 1.54) is 0 Å². The van der Waals surface area contributed by atoms with Gasteiger partial charge >= 0.3 is 0 Å². The molecule has 0 saturated carbocycles. The smallest absolute Gasteiger partial charge is 0.122 e. The predicted octanol–water partition coefficient (Wildman–Crippen LogP) is 3.13. The molecule has 0 aliphatic carbocycles. The maximum absolute atomic E-state index is 8.68. The Morgan fingerprint density at radius 1 is 1.14 bits per heavy atom. The highest BCUT2D eigenvalue weighted by atomic mass is 32.1. The van der Waals surface area contributed by atoms with Gasteiger partial charge < -0.3 is 9.84 Å². The van der Waals surface area contributed by atoms with E-state index >= 15 is 0 Å². The Bertz CT molecular complexity index is 671. The second-order valence-corrected chi connectivity index (χ2v) is 5.48. The van der Waals surface area contributed by atoms with Crippen molar-refractivity contribution >= 4 is 11.3 Å².